The second-order valence-corrected chi connectivity index (χ2v) is 4.53. The summed E-state index contributed by atoms with van der Waals surface area (Å²) < 4.78 is 4.67. The van der Waals surface area contributed by atoms with Crippen LogP contribution in [-0.4, -0.2) is 23.0 Å². The smallest absolute Gasteiger partial charge is 0.337 e. The van der Waals surface area contributed by atoms with Gasteiger partial charge in [0.1, 0.15) is 0 Å². The fourth-order valence-corrected chi connectivity index (χ4v) is 1.93. The highest BCUT2D eigenvalue weighted by molar-refractivity contribution is 5.90. The minimum atomic E-state index is -0.417. The number of benzene rings is 1. The Morgan fingerprint density at radius 2 is 2.19 bits per heavy atom. The van der Waals surface area contributed by atoms with Gasteiger partial charge in [-0.05, 0) is 24.6 Å². The molecule has 0 saturated carbocycles. The Morgan fingerprint density at radius 1 is 1.38 bits per heavy atom. The summed E-state index contributed by atoms with van der Waals surface area (Å²) in [6.07, 6.45) is 1.65. The van der Waals surface area contributed by atoms with Crippen molar-refractivity contribution in [2.45, 2.75) is 19.8 Å². The average Bonchev–Trinajstić information content (AvgIpc) is 2.46. The molecular formula is C15H17N3O3. The van der Waals surface area contributed by atoms with Crippen LogP contribution in [0.4, 0.5) is 11.6 Å². The first-order chi connectivity index (χ1) is 10.1. The van der Waals surface area contributed by atoms with E-state index in [4.69, 9.17) is 0 Å². The quantitative estimate of drug-likeness (QED) is 0.824. The molecular weight excluding hydrogens is 270 g/mol. The van der Waals surface area contributed by atoms with Gasteiger partial charge in [0, 0.05) is 17.4 Å². The summed E-state index contributed by atoms with van der Waals surface area (Å²) in [6.45, 7) is 2.02. The van der Waals surface area contributed by atoms with E-state index >= 15 is 0 Å². The molecule has 0 aliphatic rings. The first kappa shape index (κ1) is 14.8. The fraction of sp³-hybridized carbons (Fsp3) is 0.267. The Kier molecular flexibility index (Phi) is 4.71. The highest BCUT2D eigenvalue weighted by Gasteiger charge is 2.07. The number of H-pyrrole nitrogens is 1. The summed E-state index contributed by atoms with van der Waals surface area (Å²) in [7, 11) is 1.33. The zero-order valence-corrected chi connectivity index (χ0v) is 12.0. The van der Waals surface area contributed by atoms with Gasteiger partial charge in [-0.15, -0.1) is 0 Å². The van der Waals surface area contributed by atoms with E-state index in [1.807, 2.05) is 6.92 Å². The molecule has 0 unspecified atom stereocenters. The molecule has 6 heteroatoms. The molecule has 0 atom stereocenters. The Morgan fingerprint density at radius 3 is 2.90 bits per heavy atom. The van der Waals surface area contributed by atoms with Crippen LogP contribution < -0.4 is 10.9 Å². The molecule has 0 aliphatic heterocycles. The van der Waals surface area contributed by atoms with Gasteiger partial charge in [-0.3, -0.25) is 9.78 Å². The lowest BCUT2D eigenvalue weighted by Crippen LogP contribution is -2.12. The third kappa shape index (κ3) is 3.92. The van der Waals surface area contributed by atoms with Gasteiger partial charge < -0.3 is 10.1 Å². The maximum atomic E-state index is 11.6. The largest absolute Gasteiger partial charge is 0.465 e. The van der Waals surface area contributed by atoms with E-state index in [1.54, 1.807) is 24.3 Å². The van der Waals surface area contributed by atoms with Gasteiger partial charge in [-0.2, -0.15) is 0 Å². The predicted octanol–water partition coefficient (Wildman–Crippen LogP) is 2.25. The number of hydrogen-bond donors (Lipinski definition) is 2. The second kappa shape index (κ2) is 6.69. The number of hydrogen-bond acceptors (Lipinski definition) is 5. The first-order valence-electron chi connectivity index (χ1n) is 6.68. The zero-order chi connectivity index (χ0) is 15.2. The molecule has 2 rings (SSSR count). The van der Waals surface area contributed by atoms with Gasteiger partial charge in [0.2, 0.25) is 5.95 Å². The maximum Gasteiger partial charge on any atom is 0.337 e. The van der Waals surface area contributed by atoms with Gasteiger partial charge in [0.25, 0.3) is 5.56 Å². The first-order valence-corrected chi connectivity index (χ1v) is 6.68. The van der Waals surface area contributed by atoms with Gasteiger partial charge >= 0.3 is 5.97 Å². The number of methoxy groups -OCH3 is 1. The lowest BCUT2D eigenvalue weighted by Gasteiger charge is -2.08. The van der Waals surface area contributed by atoms with Gasteiger partial charge in [-0.25, -0.2) is 9.78 Å². The van der Waals surface area contributed by atoms with E-state index in [0.29, 0.717) is 17.2 Å². The highest BCUT2D eigenvalue weighted by atomic mass is 16.5. The van der Waals surface area contributed by atoms with E-state index < -0.39 is 5.97 Å². The summed E-state index contributed by atoms with van der Waals surface area (Å²) in [5.41, 5.74) is 1.59. The maximum absolute atomic E-state index is 11.6. The molecule has 1 heterocycles. The molecule has 0 bridgehead atoms. The van der Waals surface area contributed by atoms with E-state index in [0.717, 1.165) is 18.5 Å². The lowest BCUT2D eigenvalue weighted by molar-refractivity contribution is 0.0601. The van der Waals surface area contributed by atoms with Crippen molar-refractivity contribution in [3.63, 3.8) is 0 Å². The standard InChI is InChI=1S/C15H17N3O3/c1-3-5-11-9-13(19)18-15(16-11)17-12-7-4-6-10(8-12)14(20)21-2/h4,6-9H,3,5H2,1-2H3,(H2,16,17,18,19). The van der Waals surface area contributed by atoms with Crippen LogP contribution >= 0.6 is 0 Å². The van der Waals surface area contributed by atoms with Crippen LogP contribution in [0, 0.1) is 0 Å². The van der Waals surface area contributed by atoms with Crippen molar-refractivity contribution in [3.05, 3.63) is 51.9 Å². The second-order valence-electron chi connectivity index (χ2n) is 4.53. The van der Waals surface area contributed by atoms with Gasteiger partial charge in [0.05, 0.1) is 12.7 Å². The number of nitrogens with zero attached hydrogens (tertiary/aromatic N) is 1. The minimum Gasteiger partial charge on any atom is -0.465 e. The number of aryl methyl sites for hydroxylation is 1. The summed E-state index contributed by atoms with van der Waals surface area (Å²) >= 11 is 0. The van der Waals surface area contributed by atoms with Crippen LogP contribution in [0.25, 0.3) is 0 Å². The van der Waals surface area contributed by atoms with Crippen LogP contribution in [0.15, 0.2) is 35.1 Å². The highest BCUT2D eigenvalue weighted by Crippen LogP contribution is 2.15. The molecule has 6 nitrogen and oxygen atoms in total. The molecule has 110 valence electrons. The number of nitrogens with one attached hydrogen (secondary N) is 2. The summed E-state index contributed by atoms with van der Waals surface area (Å²) in [6, 6.07) is 8.28. The Labute approximate surface area is 122 Å². The summed E-state index contributed by atoms with van der Waals surface area (Å²) in [5.74, 6) is -0.0622. The van der Waals surface area contributed by atoms with Gasteiger partial charge in [0.15, 0.2) is 0 Å². The average molecular weight is 287 g/mol. The third-order valence-corrected chi connectivity index (χ3v) is 2.85. The van der Waals surface area contributed by atoms with Crippen LogP contribution in [-0.2, 0) is 11.2 Å². The Hall–Kier alpha value is -2.63. The lowest BCUT2D eigenvalue weighted by atomic mass is 10.2. The minimum absolute atomic E-state index is 0.208. The van der Waals surface area contributed by atoms with Crippen molar-refractivity contribution in [2.75, 3.05) is 12.4 Å². The summed E-state index contributed by atoms with van der Waals surface area (Å²) in [4.78, 5) is 30.0. The molecule has 0 saturated heterocycles. The molecule has 0 fully saturated rings. The predicted molar refractivity (Wildman–Crippen MR) is 79.9 cm³/mol. The third-order valence-electron chi connectivity index (χ3n) is 2.85. The number of aromatic nitrogens is 2. The van der Waals surface area contributed by atoms with E-state index in [2.05, 4.69) is 20.0 Å². The molecule has 2 aromatic rings. The van der Waals surface area contributed by atoms with Crippen molar-refractivity contribution >= 4 is 17.6 Å². The molecule has 0 spiro atoms. The monoisotopic (exact) mass is 287 g/mol. The molecule has 2 N–H and O–H groups in total. The van der Waals surface area contributed by atoms with Crippen molar-refractivity contribution in [2.24, 2.45) is 0 Å². The molecule has 0 amide bonds. The molecule has 21 heavy (non-hydrogen) atoms. The number of aromatic amines is 1. The van der Waals surface area contributed by atoms with E-state index in [-0.39, 0.29) is 5.56 Å². The number of anilines is 2. The van der Waals surface area contributed by atoms with Crippen LogP contribution in [0.1, 0.15) is 29.4 Å². The van der Waals surface area contributed by atoms with Crippen molar-refractivity contribution in [1.82, 2.24) is 9.97 Å². The molecule has 0 radical (unpaired) electrons. The number of carbonyl (C=O) groups is 1. The van der Waals surface area contributed by atoms with Crippen molar-refractivity contribution in [3.8, 4) is 0 Å². The number of rotatable bonds is 5. The Balaban J connectivity index is 2.25. The topological polar surface area (TPSA) is 84.1 Å². The summed E-state index contributed by atoms with van der Waals surface area (Å²) in [5, 5.41) is 2.99. The molecule has 0 aliphatic carbocycles. The zero-order valence-electron chi connectivity index (χ0n) is 12.0. The number of esters is 1. The van der Waals surface area contributed by atoms with Gasteiger partial charge in [-0.1, -0.05) is 19.4 Å². The van der Waals surface area contributed by atoms with E-state index in [1.165, 1.54) is 13.2 Å². The van der Waals surface area contributed by atoms with Crippen molar-refractivity contribution in [1.29, 1.82) is 0 Å². The fourth-order valence-electron chi connectivity index (χ4n) is 1.93. The molecule has 1 aromatic heterocycles. The van der Waals surface area contributed by atoms with Crippen LogP contribution in [0.3, 0.4) is 0 Å². The van der Waals surface area contributed by atoms with Crippen molar-refractivity contribution < 1.29 is 9.53 Å². The SMILES string of the molecule is CCCc1cc(=O)[nH]c(Nc2cccc(C(=O)OC)c2)n1. The molecule has 1 aromatic carbocycles. The number of ether oxygens (including phenoxy) is 1. The Bertz CT molecular complexity index is 695. The van der Waals surface area contributed by atoms with E-state index in [9.17, 15) is 9.59 Å². The number of carbonyl (C=O) groups excluding carboxylic acids is 1. The van der Waals surface area contributed by atoms with Crippen LogP contribution in [0.2, 0.25) is 0 Å². The normalized spacial score (nSPS) is 10.2. The van der Waals surface area contributed by atoms with Crippen LogP contribution in [0.5, 0.6) is 0 Å².